The summed E-state index contributed by atoms with van der Waals surface area (Å²) in [6.07, 6.45) is 0.899. The summed E-state index contributed by atoms with van der Waals surface area (Å²) in [5.41, 5.74) is 1.76. The SMILES string of the molecule is CCc1ccc(NC(=O)CN(C)S(=O)(=O)c2cc(Cl)ccc2OC)cc1. The number of methoxy groups -OCH3 is 1. The first-order valence-electron chi connectivity index (χ1n) is 7.96. The van der Waals surface area contributed by atoms with Gasteiger partial charge in [-0.3, -0.25) is 4.79 Å². The molecule has 0 heterocycles. The van der Waals surface area contributed by atoms with Gasteiger partial charge in [-0.1, -0.05) is 30.7 Å². The molecule has 0 bridgehead atoms. The second kappa shape index (κ2) is 8.53. The van der Waals surface area contributed by atoms with Crippen molar-refractivity contribution in [3.63, 3.8) is 0 Å². The van der Waals surface area contributed by atoms with Gasteiger partial charge in [0.15, 0.2) is 0 Å². The Kier molecular flexibility index (Phi) is 6.63. The Labute approximate surface area is 158 Å². The van der Waals surface area contributed by atoms with Crippen LogP contribution < -0.4 is 10.1 Å². The van der Waals surface area contributed by atoms with Crippen molar-refractivity contribution in [3.05, 3.63) is 53.1 Å². The van der Waals surface area contributed by atoms with Crippen molar-refractivity contribution in [1.82, 2.24) is 4.31 Å². The summed E-state index contributed by atoms with van der Waals surface area (Å²) in [5.74, 6) is -0.280. The van der Waals surface area contributed by atoms with Crippen LogP contribution in [0.25, 0.3) is 0 Å². The van der Waals surface area contributed by atoms with Gasteiger partial charge >= 0.3 is 0 Å². The molecular formula is C18H21ClN2O4S. The quantitative estimate of drug-likeness (QED) is 0.779. The zero-order valence-corrected chi connectivity index (χ0v) is 16.4. The maximum absolute atomic E-state index is 12.7. The van der Waals surface area contributed by atoms with E-state index in [0.717, 1.165) is 16.3 Å². The number of hydrogen-bond acceptors (Lipinski definition) is 4. The second-order valence-electron chi connectivity index (χ2n) is 5.65. The molecule has 0 saturated carbocycles. The van der Waals surface area contributed by atoms with Gasteiger partial charge in [0.1, 0.15) is 10.6 Å². The lowest BCUT2D eigenvalue weighted by molar-refractivity contribution is -0.116. The minimum Gasteiger partial charge on any atom is -0.495 e. The van der Waals surface area contributed by atoms with Gasteiger partial charge < -0.3 is 10.1 Å². The van der Waals surface area contributed by atoms with Crippen molar-refractivity contribution in [2.45, 2.75) is 18.2 Å². The molecule has 0 fully saturated rings. The normalized spacial score (nSPS) is 11.4. The number of ether oxygens (including phenoxy) is 1. The predicted molar refractivity (Wildman–Crippen MR) is 102 cm³/mol. The third kappa shape index (κ3) is 4.75. The fourth-order valence-corrected chi connectivity index (χ4v) is 3.87. The van der Waals surface area contributed by atoms with E-state index in [1.807, 2.05) is 19.1 Å². The van der Waals surface area contributed by atoms with Crippen LogP contribution in [0.2, 0.25) is 5.02 Å². The number of likely N-dealkylation sites (N-methyl/N-ethyl adjacent to an activating group) is 1. The topological polar surface area (TPSA) is 75.7 Å². The minimum absolute atomic E-state index is 0.0879. The van der Waals surface area contributed by atoms with Crippen molar-refractivity contribution in [2.24, 2.45) is 0 Å². The van der Waals surface area contributed by atoms with E-state index in [0.29, 0.717) is 5.69 Å². The summed E-state index contributed by atoms with van der Waals surface area (Å²) in [7, 11) is -1.24. The smallest absolute Gasteiger partial charge is 0.247 e. The first-order chi connectivity index (χ1) is 12.3. The van der Waals surface area contributed by atoms with Crippen LogP contribution in [0.3, 0.4) is 0 Å². The van der Waals surface area contributed by atoms with Gasteiger partial charge in [-0.05, 0) is 42.3 Å². The number of nitrogens with zero attached hydrogens (tertiary/aromatic N) is 1. The molecule has 2 aromatic rings. The maximum atomic E-state index is 12.7. The number of halogens is 1. The molecule has 0 aliphatic heterocycles. The number of aryl methyl sites for hydroxylation is 1. The van der Waals surface area contributed by atoms with Crippen LogP contribution in [0.5, 0.6) is 5.75 Å². The molecule has 0 aliphatic rings. The standard InChI is InChI=1S/C18H21ClN2O4S/c1-4-13-5-8-15(9-6-13)20-18(22)12-21(2)26(23,24)17-11-14(19)7-10-16(17)25-3/h5-11H,4,12H2,1-3H3,(H,20,22). The first-order valence-corrected chi connectivity index (χ1v) is 9.78. The Bertz CT molecular complexity index is 883. The van der Waals surface area contributed by atoms with E-state index in [4.69, 9.17) is 16.3 Å². The number of amides is 1. The zero-order chi connectivity index (χ0) is 19.3. The first kappa shape index (κ1) is 20.2. The van der Waals surface area contributed by atoms with Crippen LogP contribution in [0.1, 0.15) is 12.5 Å². The lowest BCUT2D eigenvalue weighted by Gasteiger charge is -2.18. The van der Waals surface area contributed by atoms with E-state index in [9.17, 15) is 13.2 Å². The second-order valence-corrected chi connectivity index (χ2v) is 8.10. The summed E-state index contributed by atoms with van der Waals surface area (Å²) in [4.78, 5) is 12.1. The van der Waals surface area contributed by atoms with Crippen molar-refractivity contribution in [1.29, 1.82) is 0 Å². The third-order valence-corrected chi connectivity index (χ3v) is 5.89. The van der Waals surface area contributed by atoms with Crippen LogP contribution in [0, 0.1) is 0 Å². The van der Waals surface area contributed by atoms with E-state index in [1.165, 1.54) is 32.4 Å². The van der Waals surface area contributed by atoms with E-state index in [1.54, 1.807) is 12.1 Å². The number of anilines is 1. The molecule has 1 amide bonds. The Morgan fingerprint density at radius 3 is 2.42 bits per heavy atom. The van der Waals surface area contributed by atoms with E-state index >= 15 is 0 Å². The van der Waals surface area contributed by atoms with Gasteiger partial charge in [0.25, 0.3) is 0 Å². The molecule has 0 aromatic heterocycles. The molecule has 140 valence electrons. The molecular weight excluding hydrogens is 376 g/mol. The Hall–Kier alpha value is -2.09. The van der Waals surface area contributed by atoms with Crippen LogP contribution in [-0.2, 0) is 21.2 Å². The van der Waals surface area contributed by atoms with E-state index < -0.39 is 15.9 Å². The van der Waals surface area contributed by atoms with Crippen LogP contribution in [0.15, 0.2) is 47.4 Å². The highest BCUT2D eigenvalue weighted by atomic mass is 35.5. The van der Waals surface area contributed by atoms with Crippen molar-refractivity contribution >= 4 is 33.2 Å². The number of sulfonamides is 1. The van der Waals surface area contributed by atoms with Crippen molar-refractivity contribution in [2.75, 3.05) is 26.0 Å². The molecule has 6 nitrogen and oxygen atoms in total. The summed E-state index contributed by atoms with van der Waals surface area (Å²) >= 11 is 5.90. The van der Waals surface area contributed by atoms with Gasteiger partial charge in [-0.15, -0.1) is 0 Å². The summed E-state index contributed by atoms with van der Waals surface area (Å²) in [5, 5.41) is 2.95. The molecule has 0 spiro atoms. The molecule has 1 N–H and O–H groups in total. The van der Waals surface area contributed by atoms with Crippen molar-refractivity contribution < 1.29 is 17.9 Å². The number of rotatable bonds is 7. The summed E-state index contributed by atoms with van der Waals surface area (Å²) in [6.45, 7) is 1.70. The Balaban J connectivity index is 2.13. The fourth-order valence-electron chi connectivity index (χ4n) is 2.33. The molecule has 2 aromatic carbocycles. The highest BCUT2D eigenvalue weighted by molar-refractivity contribution is 7.89. The number of nitrogens with one attached hydrogen (secondary N) is 1. The Morgan fingerprint density at radius 2 is 1.85 bits per heavy atom. The molecule has 0 aliphatic carbocycles. The van der Waals surface area contributed by atoms with E-state index in [-0.39, 0.29) is 22.2 Å². The monoisotopic (exact) mass is 396 g/mol. The Morgan fingerprint density at radius 1 is 1.19 bits per heavy atom. The lowest BCUT2D eigenvalue weighted by Crippen LogP contribution is -2.35. The minimum atomic E-state index is -3.94. The largest absolute Gasteiger partial charge is 0.495 e. The number of carbonyl (C=O) groups excluding carboxylic acids is 1. The average Bonchev–Trinajstić information content (AvgIpc) is 2.62. The molecule has 26 heavy (non-hydrogen) atoms. The van der Waals surface area contributed by atoms with Crippen LogP contribution in [0.4, 0.5) is 5.69 Å². The summed E-state index contributed by atoms with van der Waals surface area (Å²) in [6, 6.07) is 11.7. The molecule has 0 atom stereocenters. The third-order valence-electron chi connectivity index (χ3n) is 3.83. The highest BCUT2D eigenvalue weighted by Gasteiger charge is 2.26. The highest BCUT2D eigenvalue weighted by Crippen LogP contribution is 2.29. The molecule has 0 unspecified atom stereocenters. The molecule has 8 heteroatoms. The average molecular weight is 397 g/mol. The van der Waals surface area contributed by atoms with Crippen LogP contribution in [-0.4, -0.2) is 39.3 Å². The van der Waals surface area contributed by atoms with E-state index in [2.05, 4.69) is 5.32 Å². The predicted octanol–water partition coefficient (Wildman–Crippen LogP) is 3.17. The molecule has 2 rings (SSSR count). The molecule has 0 saturated heterocycles. The summed E-state index contributed by atoms with van der Waals surface area (Å²) < 4.78 is 31.5. The van der Waals surface area contributed by atoms with Gasteiger partial charge in [0.2, 0.25) is 15.9 Å². The van der Waals surface area contributed by atoms with Gasteiger partial charge in [-0.2, -0.15) is 4.31 Å². The van der Waals surface area contributed by atoms with Gasteiger partial charge in [0.05, 0.1) is 13.7 Å². The number of benzene rings is 2. The number of carbonyl (C=O) groups is 1. The maximum Gasteiger partial charge on any atom is 0.247 e. The van der Waals surface area contributed by atoms with Crippen molar-refractivity contribution in [3.8, 4) is 5.75 Å². The van der Waals surface area contributed by atoms with Gasteiger partial charge in [-0.25, -0.2) is 8.42 Å². The molecule has 0 radical (unpaired) electrons. The fraction of sp³-hybridized carbons (Fsp3) is 0.278. The lowest BCUT2D eigenvalue weighted by atomic mass is 10.1. The van der Waals surface area contributed by atoms with Crippen LogP contribution >= 0.6 is 11.6 Å². The zero-order valence-electron chi connectivity index (χ0n) is 14.8. The number of hydrogen-bond donors (Lipinski definition) is 1. The van der Waals surface area contributed by atoms with Gasteiger partial charge in [0, 0.05) is 17.8 Å².